The minimum Gasteiger partial charge on any atom is -0.597 e. The monoisotopic (exact) mass is 212 g/mol. The molecule has 0 fully saturated rings. The summed E-state index contributed by atoms with van der Waals surface area (Å²) >= 11 is 0. The second-order valence-electron chi connectivity index (χ2n) is 2.90. The number of ether oxygens (including phenoxy) is 1. The van der Waals surface area contributed by atoms with E-state index in [0.29, 0.717) is 5.75 Å². The van der Waals surface area contributed by atoms with Crippen LogP contribution in [-0.2, 0) is 0 Å². The highest BCUT2D eigenvalue weighted by Gasteiger charge is 2.11. The summed E-state index contributed by atoms with van der Waals surface area (Å²) in [5.41, 5.74) is 0. The van der Waals surface area contributed by atoms with Crippen LogP contribution in [0.15, 0.2) is 35.6 Å². The number of aliphatic hydroxyl groups is 1. The maximum Gasteiger partial charge on any atom is 0.213 e. The van der Waals surface area contributed by atoms with Crippen molar-refractivity contribution in [3.8, 4) is 5.75 Å². The highest BCUT2D eigenvalue weighted by Crippen LogP contribution is 2.08. The van der Waals surface area contributed by atoms with Crippen molar-refractivity contribution in [3.05, 3.63) is 35.5 Å². The molecule has 0 bridgehead atoms. The van der Waals surface area contributed by atoms with Crippen LogP contribution in [-0.4, -0.2) is 34.4 Å². The van der Waals surface area contributed by atoms with E-state index in [9.17, 15) is 10.3 Å². The van der Waals surface area contributed by atoms with Crippen molar-refractivity contribution in [2.24, 2.45) is 5.28 Å². The summed E-state index contributed by atoms with van der Waals surface area (Å²) in [6.07, 6.45) is -1.00. The zero-order valence-corrected chi connectivity index (χ0v) is 7.98. The molecule has 2 N–H and O–H groups in total. The molecule has 1 aromatic carbocycles. The van der Waals surface area contributed by atoms with Gasteiger partial charge in [0.25, 0.3) is 0 Å². The average molecular weight is 212 g/mol. The number of hydrogen-bond donors (Lipinski definition) is 2. The van der Waals surface area contributed by atoms with Crippen LogP contribution in [0.5, 0.6) is 5.75 Å². The Hall–Kier alpha value is -1.82. The predicted molar refractivity (Wildman–Crippen MR) is 50.7 cm³/mol. The Labute approximate surface area is 86.6 Å². The first-order valence-electron chi connectivity index (χ1n) is 4.38. The lowest BCUT2D eigenvalue weighted by Gasteiger charge is -2.09. The molecule has 0 saturated carbocycles. The Bertz CT molecular complexity index is 315. The lowest BCUT2D eigenvalue weighted by Crippen LogP contribution is -2.26. The molecule has 6 nitrogen and oxygen atoms in total. The third-order valence-corrected chi connectivity index (χ3v) is 1.65. The van der Waals surface area contributed by atoms with Crippen molar-refractivity contribution in [1.29, 1.82) is 0 Å². The molecule has 1 rings (SSSR count). The Morgan fingerprint density at radius 1 is 1.40 bits per heavy atom. The molecule has 0 heterocycles. The normalized spacial score (nSPS) is 13.5. The SMILES string of the molecule is [O-]/[N+](CC(O)COc1ccccc1)=N\O. The van der Waals surface area contributed by atoms with Crippen molar-refractivity contribution in [2.45, 2.75) is 6.10 Å². The molecule has 82 valence electrons. The molecule has 0 aliphatic rings. The van der Waals surface area contributed by atoms with Gasteiger partial charge in [-0.2, -0.15) is 0 Å². The van der Waals surface area contributed by atoms with Crippen molar-refractivity contribution in [2.75, 3.05) is 13.2 Å². The standard InChI is InChI=1S/C9H12N2O4/c12-8(6-11(14)10-13)7-15-9-4-2-1-3-5-9/h1-5,8,12-13H,6-7H2/b11-10-. The first kappa shape index (κ1) is 11.3. The molecule has 1 aromatic rings. The summed E-state index contributed by atoms with van der Waals surface area (Å²) in [6, 6.07) is 8.90. The van der Waals surface area contributed by atoms with E-state index in [1.165, 1.54) is 0 Å². The van der Waals surface area contributed by atoms with Crippen molar-refractivity contribution in [1.82, 2.24) is 0 Å². The number of benzene rings is 1. The van der Waals surface area contributed by atoms with Gasteiger partial charge in [-0.25, -0.2) is 0 Å². The van der Waals surface area contributed by atoms with Crippen LogP contribution in [0.3, 0.4) is 0 Å². The minimum absolute atomic E-state index is 0.0149. The third kappa shape index (κ3) is 4.28. The van der Waals surface area contributed by atoms with Gasteiger partial charge < -0.3 is 20.3 Å². The molecule has 0 aromatic heterocycles. The van der Waals surface area contributed by atoms with E-state index in [4.69, 9.17) is 9.94 Å². The van der Waals surface area contributed by atoms with Crippen LogP contribution in [0.2, 0.25) is 0 Å². The maximum absolute atomic E-state index is 10.5. The number of aliphatic hydroxyl groups excluding tert-OH is 1. The highest BCUT2D eigenvalue weighted by molar-refractivity contribution is 5.20. The molecule has 0 radical (unpaired) electrons. The predicted octanol–water partition coefficient (Wildman–Crippen LogP) is 0.778. The molecule has 0 aliphatic carbocycles. The first-order chi connectivity index (χ1) is 7.22. The van der Waals surface area contributed by atoms with Crippen LogP contribution in [0, 0.1) is 5.21 Å². The van der Waals surface area contributed by atoms with Crippen LogP contribution in [0.4, 0.5) is 0 Å². The fourth-order valence-electron chi connectivity index (χ4n) is 0.979. The van der Waals surface area contributed by atoms with Gasteiger partial charge in [0.1, 0.15) is 12.4 Å². The van der Waals surface area contributed by atoms with Gasteiger partial charge in [0, 0.05) is 0 Å². The van der Waals surface area contributed by atoms with Crippen molar-refractivity contribution in [3.63, 3.8) is 0 Å². The zero-order valence-electron chi connectivity index (χ0n) is 7.98. The van der Waals surface area contributed by atoms with E-state index in [1.54, 1.807) is 24.3 Å². The number of hydrogen-bond acceptors (Lipinski definition) is 4. The van der Waals surface area contributed by atoms with Crippen LogP contribution in [0.25, 0.3) is 0 Å². The fraction of sp³-hybridized carbons (Fsp3) is 0.333. The van der Waals surface area contributed by atoms with E-state index in [1.807, 2.05) is 6.07 Å². The van der Waals surface area contributed by atoms with Crippen molar-refractivity contribution < 1.29 is 19.9 Å². The summed E-state index contributed by atoms with van der Waals surface area (Å²) < 4.78 is 5.17. The van der Waals surface area contributed by atoms with Crippen LogP contribution in [0.1, 0.15) is 0 Å². The fourth-order valence-corrected chi connectivity index (χ4v) is 0.979. The quantitative estimate of drug-likeness (QED) is 0.429. The van der Waals surface area contributed by atoms with Gasteiger partial charge in [-0.15, -0.1) is 0 Å². The molecule has 6 heteroatoms. The number of rotatable bonds is 5. The number of hydroxylamine groups is 1. The number of para-hydroxylation sites is 1. The topological polar surface area (TPSA) is 88.1 Å². The highest BCUT2D eigenvalue weighted by atomic mass is 16.6. The average Bonchev–Trinajstić information content (AvgIpc) is 2.27. The summed E-state index contributed by atoms with van der Waals surface area (Å²) in [5, 5.41) is 30.2. The van der Waals surface area contributed by atoms with Gasteiger partial charge >= 0.3 is 0 Å². The molecule has 0 amide bonds. The Morgan fingerprint density at radius 2 is 2.07 bits per heavy atom. The lowest BCUT2D eigenvalue weighted by molar-refractivity contribution is -0.563. The second-order valence-corrected chi connectivity index (χ2v) is 2.90. The minimum atomic E-state index is -1.00. The van der Waals surface area contributed by atoms with Gasteiger partial charge in [0.05, 0.1) is 0 Å². The molecule has 15 heavy (non-hydrogen) atoms. The maximum atomic E-state index is 10.5. The molecular weight excluding hydrogens is 200 g/mol. The van der Waals surface area contributed by atoms with Crippen molar-refractivity contribution >= 4 is 0 Å². The van der Waals surface area contributed by atoms with Crippen LogP contribution < -0.4 is 4.74 Å². The summed E-state index contributed by atoms with van der Waals surface area (Å²) in [4.78, 5) is -0.0149. The van der Waals surface area contributed by atoms with Gasteiger partial charge in [0.15, 0.2) is 11.4 Å². The van der Waals surface area contributed by atoms with E-state index in [-0.39, 0.29) is 18.0 Å². The molecule has 1 unspecified atom stereocenters. The summed E-state index contributed by atoms with van der Waals surface area (Å²) in [6.45, 7) is -0.360. The van der Waals surface area contributed by atoms with Gasteiger partial charge in [-0.3, -0.25) is 0 Å². The van der Waals surface area contributed by atoms with E-state index in [2.05, 4.69) is 5.28 Å². The first-order valence-corrected chi connectivity index (χ1v) is 4.38. The second kappa shape index (κ2) is 5.82. The molecule has 0 saturated heterocycles. The molecule has 0 spiro atoms. The summed E-state index contributed by atoms with van der Waals surface area (Å²) in [5.74, 6) is 0.606. The Balaban J connectivity index is 2.31. The van der Waals surface area contributed by atoms with Gasteiger partial charge in [0.2, 0.25) is 6.54 Å². The van der Waals surface area contributed by atoms with Crippen LogP contribution >= 0.6 is 0 Å². The number of nitrogens with zero attached hydrogens (tertiary/aromatic N) is 2. The molecule has 0 aliphatic heterocycles. The van der Waals surface area contributed by atoms with E-state index >= 15 is 0 Å². The Kier molecular flexibility index (Phi) is 4.36. The van der Waals surface area contributed by atoms with Gasteiger partial charge in [-0.05, 0) is 12.1 Å². The van der Waals surface area contributed by atoms with Gasteiger partial charge in [-0.1, -0.05) is 23.1 Å². The summed E-state index contributed by atoms with van der Waals surface area (Å²) in [7, 11) is 0. The Morgan fingerprint density at radius 3 is 2.67 bits per heavy atom. The van der Waals surface area contributed by atoms with E-state index in [0.717, 1.165) is 0 Å². The lowest BCUT2D eigenvalue weighted by atomic mass is 10.3. The molecular formula is C9H12N2O4. The van der Waals surface area contributed by atoms with E-state index < -0.39 is 6.10 Å². The smallest absolute Gasteiger partial charge is 0.213 e. The largest absolute Gasteiger partial charge is 0.597 e. The zero-order chi connectivity index (χ0) is 11.1. The molecule has 1 atom stereocenters. The third-order valence-electron chi connectivity index (χ3n) is 1.65.